The fourth-order valence-electron chi connectivity index (χ4n) is 3.78. The van der Waals surface area contributed by atoms with Gasteiger partial charge in [-0.25, -0.2) is 4.79 Å². The maximum atomic E-state index is 12.4. The minimum Gasteiger partial charge on any atom is -0.369 e. The molecule has 4 rings (SSSR count). The summed E-state index contributed by atoms with van der Waals surface area (Å²) in [5.74, 6) is -0.132. The van der Waals surface area contributed by atoms with Crippen molar-refractivity contribution in [3.05, 3.63) is 21.4 Å². The lowest BCUT2D eigenvalue weighted by Crippen LogP contribution is -2.50. The molecular formula is C18H24N4O4S. The quantitative estimate of drug-likeness (QED) is 0.700. The lowest BCUT2D eigenvalue weighted by Gasteiger charge is -2.43. The number of amides is 4. The number of nitrogens with two attached hydrogens (primary N) is 1. The fraction of sp³-hybridized carbons (Fsp3) is 0.611. The lowest BCUT2D eigenvalue weighted by atomic mass is 9.85. The number of thiophene rings is 1. The van der Waals surface area contributed by atoms with Gasteiger partial charge in [0.2, 0.25) is 5.91 Å². The van der Waals surface area contributed by atoms with Crippen molar-refractivity contribution in [2.75, 3.05) is 26.2 Å². The van der Waals surface area contributed by atoms with Gasteiger partial charge in [0.15, 0.2) is 0 Å². The number of urea groups is 1. The van der Waals surface area contributed by atoms with Crippen LogP contribution in [0.3, 0.4) is 0 Å². The average molecular weight is 392 g/mol. The van der Waals surface area contributed by atoms with Crippen LogP contribution in [0.25, 0.3) is 0 Å². The number of carbonyl (C=O) groups is 3. The van der Waals surface area contributed by atoms with E-state index in [0.29, 0.717) is 38.6 Å². The molecule has 0 aromatic carbocycles. The van der Waals surface area contributed by atoms with Gasteiger partial charge in [0.1, 0.15) is 5.60 Å². The number of primary amides is 1. The molecule has 0 unspecified atom stereocenters. The molecule has 3 aliphatic rings. The van der Waals surface area contributed by atoms with Gasteiger partial charge in [-0.2, -0.15) is 0 Å². The maximum absolute atomic E-state index is 12.4. The Kier molecular flexibility index (Phi) is 4.81. The summed E-state index contributed by atoms with van der Waals surface area (Å²) in [4.78, 5) is 39.0. The van der Waals surface area contributed by atoms with Crippen LogP contribution in [0.5, 0.6) is 0 Å². The van der Waals surface area contributed by atoms with Crippen molar-refractivity contribution in [1.29, 1.82) is 0 Å². The molecule has 2 aliphatic heterocycles. The number of hydrogen-bond acceptors (Lipinski definition) is 5. The van der Waals surface area contributed by atoms with Gasteiger partial charge in [0, 0.05) is 24.0 Å². The van der Waals surface area contributed by atoms with Gasteiger partial charge in [0.25, 0.3) is 5.91 Å². The van der Waals surface area contributed by atoms with Gasteiger partial charge in [-0.1, -0.05) is 0 Å². The van der Waals surface area contributed by atoms with Gasteiger partial charge >= 0.3 is 6.03 Å². The van der Waals surface area contributed by atoms with Crippen molar-refractivity contribution < 1.29 is 19.1 Å². The van der Waals surface area contributed by atoms with Gasteiger partial charge < -0.3 is 26.0 Å². The first-order valence-electron chi connectivity index (χ1n) is 9.36. The molecule has 1 saturated carbocycles. The number of rotatable bonds is 4. The molecule has 146 valence electrons. The summed E-state index contributed by atoms with van der Waals surface area (Å²) in [5.41, 5.74) is 5.81. The molecule has 1 aliphatic carbocycles. The highest BCUT2D eigenvalue weighted by Gasteiger charge is 2.43. The molecule has 3 heterocycles. The molecule has 8 nitrogen and oxygen atoms in total. The van der Waals surface area contributed by atoms with Gasteiger partial charge in [0.05, 0.1) is 18.0 Å². The van der Waals surface area contributed by atoms with Crippen LogP contribution in [0.15, 0.2) is 6.07 Å². The Balaban J connectivity index is 1.44. The highest BCUT2D eigenvalue weighted by molar-refractivity contribution is 7.14. The van der Waals surface area contributed by atoms with E-state index in [9.17, 15) is 14.4 Å². The van der Waals surface area contributed by atoms with E-state index in [1.165, 1.54) is 16.9 Å². The van der Waals surface area contributed by atoms with Gasteiger partial charge in [-0.3, -0.25) is 9.59 Å². The van der Waals surface area contributed by atoms with Crippen LogP contribution in [-0.2, 0) is 21.6 Å². The van der Waals surface area contributed by atoms with E-state index < -0.39 is 11.6 Å². The Labute approximate surface area is 161 Å². The topological polar surface area (TPSA) is 114 Å². The molecule has 2 fully saturated rings. The molecule has 1 aromatic rings. The second kappa shape index (κ2) is 7.12. The van der Waals surface area contributed by atoms with E-state index >= 15 is 0 Å². The van der Waals surface area contributed by atoms with E-state index in [1.807, 2.05) is 6.07 Å². The third-order valence-corrected chi connectivity index (χ3v) is 6.81. The molecule has 27 heavy (non-hydrogen) atoms. The molecule has 0 bridgehead atoms. The number of nitrogens with one attached hydrogen (secondary N) is 2. The Morgan fingerprint density at radius 3 is 2.70 bits per heavy atom. The molecular weight excluding hydrogens is 368 g/mol. The third-order valence-electron chi connectivity index (χ3n) is 5.45. The summed E-state index contributed by atoms with van der Waals surface area (Å²) in [5, 5.41) is 5.39. The monoisotopic (exact) mass is 392 g/mol. The number of ether oxygens (including phenoxy) is 1. The largest absolute Gasteiger partial charge is 0.369 e. The zero-order valence-corrected chi connectivity index (χ0v) is 15.9. The number of fused-ring (bicyclic) bond motifs is 2. The first-order chi connectivity index (χ1) is 13.0. The number of hydrogen-bond donors (Lipinski definition) is 3. The second-order valence-corrected chi connectivity index (χ2v) is 8.46. The molecule has 4 N–H and O–H groups in total. The summed E-state index contributed by atoms with van der Waals surface area (Å²) in [7, 11) is 0. The van der Waals surface area contributed by atoms with Crippen molar-refractivity contribution in [3.8, 4) is 0 Å². The van der Waals surface area contributed by atoms with Crippen LogP contribution < -0.4 is 16.4 Å². The first-order valence-corrected chi connectivity index (χ1v) is 10.2. The predicted molar refractivity (Wildman–Crippen MR) is 99.5 cm³/mol. The Hall–Kier alpha value is -2.13. The third kappa shape index (κ3) is 3.79. The second-order valence-electron chi connectivity index (χ2n) is 7.40. The van der Waals surface area contributed by atoms with Crippen LogP contribution >= 0.6 is 11.3 Å². The Bertz CT molecular complexity index is 765. The van der Waals surface area contributed by atoms with Crippen molar-refractivity contribution in [3.63, 3.8) is 0 Å². The number of likely N-dealkylation sites (tertiary alicyclic amines) is 1. The molecule has 1 saturated heterocycles. The fourth-order valence-corrected chi connectivity index (χ4v) is 5.10. The lowest BCUT2D eigenvalue weighted by molar-refractivity contribution is -0.139. The average Bonchev–Trinajstić information content (AvgIpc) is 3.34. The van der Waals surface area contributed by atoms with Crippen LogP contribution in [0.4, 0.5) is 4.79 Å². The number of piperidine rings is 1. The molecule has 0 atom stereocenters. The van der Waals surface area contributed by atoms with Crippen LogP contribution in [-0.4, -0.2) is 55.0 Å². The van der Waals surface area contributed by atoms with Crippen molar-refractivity contribution >= 4 is 29.2 Å². The first kappa shape index (κ1) is 18.2. The number of carbonyl (C=O) groups excluding carboxylic acids is 3. The zero-order chi connectivity index (χ0) is 19.0. The Morgan fingerprint density at radius 1 is 1.30 bits per heavy atom. The minimum atomic E-state index is -0.701. The van der Waals surface area contributed by atoms with Crippen molar-refractivity contribution in [1.82, 2.24) is 15.5 Å². The van der Waals surface area contributed by atoms with E-state index in [4.69, 9.17) is 10.5 Å². The zero-order valence-electron chi connectivity index (χ0n) is 15.1. The van der Waals surface area contributed by atoms with E-state index in [1.54, 1.807) is 4.90 Å². The normalized spacial score (nSPS) is 20.8. The maximum Gasteiger partial charge on any atom is 0.312 e. The molecule has 1 aromatic heterocycles. The van der Waals surface area contributed by atoms with Gasteiger partial charge in [-0.05, 0) is 43.7 Å². The van der Waals surface area contributed by atoms with Crippen molar-refractivity contribution in [2.45, 2.75) is 43.7 Å². The highest BCUT2D eigenvalue weighted by atomic mass is 32.1. The Morgan fingerprint density at radius 2 is 2.04 bits per heavy atom. The van der Waals surface area contributed by atoms with E-state index in [0.717, 1.165) is 29.0 Å². The van der Waals surface area contributed by atoms with Gasteiger partial charge in [-0.15, -0.1) is 11.3 Å². The van der Waals surface area contributed by atoms with E-state index in [2.05, 4.69) is 10.6 Å². The summed E-state index contributed by atoms with van der Waals surface area (Å²) in [6, 6.07) is 1.65. The molecule has 4 amide bonds. The highest BCUT2D eigenvalue weighted by Crippen LogP contribution is 2.45. The summed E-state index contributed by atoms with van der Waals surface area (Å²) < 4.78 is 6.20. The summed E-state index contributed by atoms with van der Waals surface area (Å²) >= 11 is 1.53. The SMILES string of the molecule is NC(=O)NCC(=O)N1CCC2(CC1)OCCc1cc(C(=O)NC3CC3)sc12. The smallest absolute Gasteiger partial charge is 0.312 e. The van der Waals surface area contributed by atoms with Crippen LogP contribution in [0.1, 0.15) is 45.8 Å². The molecule has 1 spiro atoms. The predicted octanol–water partition coefficient (Wildman–Crippen LogP) is 0.699. The van der Waals surface area contributed by atoms with Crippen molar-refractivity contribution in [2.24, 2.45) is 5.73 Å². The molecule has 0 radical (unpaired) electrons. The summed E-state index contributed by atoms with van der Waals surface area (Å²) in [6.07, 6.45) is 4.32. The summed E-state index contributed by atoms with van der Waals surface area (Å²) in [6.45, 7) is 1.66. The number of nitrogens with zero attached hydrogens (tertiary/aromatic N) is 1. The van der Waals surface area contributed by atoms with E-state index in [-0.39, 0.29) is 18.4 Å². The van der Waals surface area contributed by atoms with Crippen LogP contribution in [0.2, 0.25) is 0 Å². The standard InChI is InChI=1S/C18H24N4O4S/c19-17(25)20-10-14(23)22-6-4-18(5-7-22)15-11(3-8-26-18)9-13(27-15)16(24)21-12-1-2-12/h9,12H,1-8,10H2,(H,21,24)(H3,19,20,25). The molecule has 9 heteroatoms. The minimum absolute atomic E-state index is 0.0113. The van der Waals surface area contributed by atoms with Crippen LogP contribution in [0, 0.1) is 0 Å².